The standard InChI is InChI=1S/C22H19N5/c1-3-7-18(8-4-1)22-26-20(24-16-17-11-13-23-14-12-17)15-21(27-22)25-19-9-5-2-6-10-19/h1-15H,16H2,(H2,24,25,26,27). The fraction of sp³-hybridized carbons (Fsp3) is 0.0455. The number of nitrogens with zero attached hydrogens (tertiary/aromatic N) is 3. The van der Waals surface area contributed by atoms with Crippen LogP contribution in [0.4, 0.5) is 17.3 Å². The lowest BCUT2D eigenvalue weighted by Crippen LogP contribution is -2.05. The van der Waals surface area contributed by atoms with Gasteiger partial charge in [-0.1, -0.05) is 48.5 Å². The van der Waals surface area contributed by atoms with Crippen molar-refractivity contribution < 1.29 is 0 Å². The molecule has 5 heteroatoms. The van der Waals surface area contributed by atoms with Crippen molar-refractivity contribution in [2.24, 2.45) is 0 Å². The Morgan fingerprint density at radius 1 is 0.704 bits per heavy atom. The van der Waals surface area contributed by atoms with Gasteiger partial charge in [0.15, 0.2) is 5.82 Å². The highest BCUT2D eigenvalue weighted by molar-refractivity contribution is 5.65. The maximum atomic E-state index is 4.68. The van der Waals surface area contributed by atoms with Gasteiger partial charge in [0, 0.05) is 36.3 Å². The van der Waals surface area contributed by atoms with Gasteiger partial charge >= 0.3 is 0 Å². The zero-order chi connectivity index (χ0) is 18.3. The highest BCUT2D eigenvalue weighted by Gasteiger charge is 2.07. The molecule has 0 radical (unpaired) electrons. The van der Waals surface area contributed by atoms with Crippen molar-refractivity contribution in [2.75, 3.05) is 10.6 Å². The summed E-state index contributed by atoms with van der Waals surface area (Å²) in [6.07, 6.45) is 3.57. The maximum absolute atomic E-state index is 4.68. The first-order valence-corrected chi connectivity index (χ1v) is 8.76. The molecule has 132 valence electrons. The van der Waals surface area contributed by atoms with E-state index in [2.05, 4.69) is 25.6 Å². The summed E-state index contributed by atoms with van der Waals surface area (Å²) in [6.45, 7) is 0.665. The molecule has 0 atom stereocenters. The summed E-state index contributed by atoms with van der Waals surface area (Å²) >= 11 is 0. The number of para-hydroxylation sites is 1. The molecule has 0 unspecified atom stereocenters. The Morgan fingerprint density at radius 2 is 1.37 bits per heavy atom. The van der Waals surface area contributed by atoms with Gasteiger partial charge < -0.3 is 10.6 Å². The Kier molecular flexibility index (Phi) is 5.02. The van der Waals surface area contributed by atoms with E-state index in [1.165, 1.54) is 0 Å². The predicted molar refractivity (Wildman–Crippen MR) is 109 cm³/mol. The Hall–Kier alpha value is -3.73. The van der Waals surface area contributed by atoms with Crippen LogP contribution >= 0.6 is 0 Å². The second-order valence-electron chi connectivity index (χ2n) is 6.03. The van der Waals surface area contributed by atoms with E-state index in [9.17, 15) is 0 Å². The van der Waals surface area contributed by atoms with Gasteiger partial charge in [-0.05, 0) is 29.8 Å². The van der Waals surface area contributed by atoms with Crippen molar-refractivity contribution in [3.05, 3.63) is 96.8 Å². The van der Waals surface area contributed by atoms with Crippen LogP contribution in [0.2, 0.25) is 0 Å². The molecule has 5 nitrogen and oxygen atoms in total. The number of hydrogen-bond donors (Lipinski definition) is 2. The van der Waals surface area contributed by atoms with E-state index < -0.39 is 0 Å². The molecule has 0 aliphatic carbocycles. The lowest BCUT2D eigenvalue weighted by molar-refractivity contribution is 1.08. The van der Waals surface area contributed by atoms with Gasteiger partial charge in [0.05, 0.1) is 0 Å². The third-order valence-corrected chi connectivity index (χ3v) is 4.03. The molecule has 0 aliphatic rings. The van der Waals surface area contributed by atoms with E-state index in [-0.39, 0.29) is 0 Å². The molecule has 2 N–H and O–H groups in total. The average Bonchev–Trinajstić information content (AvgIpc) is 2.74. The molecule has 0 saturated heterocycles. The summed E-state index contributed by atoms with van der Waals surface area (Å²) in [6, 6.07) is 25.8. The lowest BCUT2D eigenvalue weighted by Gasteiger charge is -2.12. The summed E-state index contributed by atoms with van der Waals surface area (Å²) in [5.74, 6) is 2.18. The second kappa shape index (κ2) is 8.10. The van der Waals surface area contributed by atoms with Gasteiger partial charge in [-0.2, -0.15) is 0 Å². The number of anilines is 3. The number of benzene rings is 2. The van der Waals surface area contributed by atoms with Crippen molar-refractivity contribution in [2.45, 2.75) is 6.54 Å². The fourth-order valence-corrected chi connectivity index (χ4v) is 2.68. The number of rotatable bonds is 6. The third kappa shape index (κ3) is 4.46. The van der Waals surface area contributed by atoms with Crippen LogP contribution < -0.4 is 10.6 Å². The Bertz CT molecular complexity index is 989. The Morgan fingerprint density at radius 3 is 2.11 bits per heavy atom. The molecule has 0 bridgehead atoms. The zero-order valence-corrected chi connectivity index (χ0v) is 14.7. The topological polar surface area (TPSA) is 62.7 Å². The molecular formula is C22H19N5. The van der Waals surface area contributed by atoms with Crippen LogP contribution in [0.5, 0.6) is 0 Å². The molecule has 0 amide bonds. The van der Waals surface area contributed by atoms with Crippen LogP contribution in [0.25, 0.3) is 11.4 Å². The smallest absolute Gasteiger partial charge is 0.163 e. The van der Waals surface area contributed by atoms with E-state index >= 15 is 0 Å². The predicted octanol–water partition coefficient (Wildman–Crippen LogP) is 4.89. The van der Waals surface area contributed by atoms with E-state index in [1.54, 1.807) is 12.4 Å². The van der Waals surface area contributed by atoms with Crippen LogP contribution in [0.3, 0.4) is 0 Å². The third-order valence-electron chi connectivity index (χ3n) is 4.03. The highest BCUT2D eigenvalue weighted by atomic mass is 15.1. The number of pyridine rings is 1. The molecule has 27 heavy (non-hydrogen) atoms. The normalized spacial score (nSPS) is 10.4. The first-order chi connectivity index (χ1) is 13.4. The van der Waals surface area contributed by atoms with Crippen LogP contribution in [-0.2, 0) is 6.54 Å². The highest BCUT2D eigenvalue weighted by Crippen LogP contribution is 2.23. The summed E-state index contributed by atoms with van der Waals surface area (Å²) in [7, 11) is 0. The SMILES string of the molecule is c1ccc(Nc2cc(NCc3ccncc3)nc(-c3ccccc3)n2)cc1. The average molecular weight is 353 g/mol. The van der Waals surface area contributed by atoms with Crippen molar-refractivity contribution in [3.8, 4) is 11.4 Å². The molecule has 0 saturated carbocycles. The van der Waals surface area contributed by atoms with Gasteiger partial charge in [-0.25, -0.2) is 9.97 Å². The minimum Gasteiger partial charge on any atom is -0.366 e. The molecule has 4 rings (SSSR count). The van der Waals surface area contributed by atoms with Crippen LogP contribution in [-0.4, -0.2) is 15.0 Å². The van der Waals surface area contributed by atoms with E-state index in [0.717, 1.165) is 28.5 Å². The number of aromatic nitrogens is 3. The molecule has 0 aliphatic heterocycles. The summed E-state index contributed by atoms with van der Waals surface area (Å²) < 4.78 is 0. The van der Waals surface area contributed by atoms with Crippen LogP contribution in [0.1, 0.15) is 5.56 Å². The fourth-order valence-electron chi connectivity index (χ4n) is 2.68. The second-order valence-corrected chi connectivity index (χ2v) is 6.03. The van der Waals surface area contributed by atoms with Gasteiger partial charge in [0.25, 0.3) is 0 Å². The number of hydrogen-bond acceptors (Lipinski definition) is 5. The molecular weight excluding hydrogens is 334 g/mol. The number of nitrogens with one attached hydrogen (secondary N) is 2. The van der Waals surface area contributed by atoms with Gasteiger partial charge in [0.1, 0.15) is 11.6 Å². The quantitative estimate of drug-likeness (QED) is 0.516. The zero-order valence-electron chi connectivity index (χ0n) is 14.7. The first-order valence-electron chi connectivity index (χ1n) is 8.76. The van der Waals surface area contributed by atoms with Gasteiger partial charge in [-0.3, -0.25) is 4.98 Å². The van der Waals surface area contributed by atoms with Crippen molar-refractivity contribution in [1.29, 1.82) is 0 Å². The van der Waals surface area contributed by atoms with Crippen molar-refractivity contribution >= 4 is 17.3 Å². The van der Waals surface area contributed by atoms with Crippen molar-refractivity contribution in [1.82, 2.24) is 15.0 Å². The Labute approximate surface area is 158 Å². The van der Waals surface area contributed by atoms with E-state index in [0.29, 0.717) is 12.4 Å². The molecule has 2 heterocycles. The van der Waals surface area contributed by atoms with E-state index in [1.807, 2.05) is 78.9 Å². The molecule has 0 fully saturated rings. The summed E-state index contributed by atoms with van der Waals surface area (Å²) in [5.41, 5.74) is 3.10. The summed E-state index contributed by atoms with van der Waals surface area (Å²) in [5, 5.41) is 6.73. The Balaban J connectivity index is 1.63. The van der Waals surface area contributed by atoms with Crippen LogP contribution in [0.15, 0.2) is 91.3 Å². The van der Waals surface area contributed by atoms with E-state index in [4.69, 9.17) is 0 Å². The largest absolute Gasteiger partial charge is 0.366 e. The minimum atomic E-state index is 0.665. The molecule has 0 spiro atoms. The van der Waals surface area contributed by atoms with Gasteiger partial charge in [0.2, 0.25) is 0 Å². The molecule has 2 aromatic carbocycles. The van der Waals surface area contributed by atoms with Crippen LogP contribution in [0, 0.1) is 0 Å². The summed E-state index contributed by atoms with van der Waals surface area (Å²) in [4.78, 5) is 13.4. The van der Waals surface area contributed by atoms with Crippen molar-refractivity contribution in [3.63, 3.8) is 0 Å². The van der Waals surface area contributed by atoms with Gasteiger partial charge in [-0.15, -0.1) is 0 Å². The monoisotopic (exact) mass is 353 g/mol. The first kappa shape index (κ1) is 16.7. The minimum absolute atomic E-state index is 0.665. The lowest BCUT2D eigenvalue weighted by atomic mass is 10.2. The molecule has 4 aromatic rings. The maximum Gasteiger partial charge on any atom is 0.163 e. The molecule has 2 aromatic heterocycles.